The minimum Gasteiger partial charge on any atom is -0.450 e. The predicted molar refractivity (Wildman–Crippen MR) is 129 cm³/mol. The molecule has 33 heavy (non-hydrogen) atoms. The van der Waals surface area contributed by atoms with E-state index >= 15 is 0 Å². The summed E-state index contributed by atoms with van der Waals surface area (Å²) in [5, 5.41) is 2.56. The van der Waals surface area contributed by atoms with Crippen LogP contribution >= 0.6 is 0 Å². The molecule has 0 aliphatic heterocycles. The monoisotopic (exact) mass is 459 g/mol. The first kappa shape index (κ1) is 25.7. The lowest BCUT2D eigenvalue weighted by Gasteiger charge is -2.25. The van der Waals surface area contributed by atoms with Crippen LogP contribution in [0, 0.1) is 0 Å². The molecule has 0 saturated heterocycles. The summed E-state index contributed by atoms with van der Waals surface area (Å²) in [6.45, 7) is 6.50. The average Bonchev–Trinajstić information content (AvgIpc) is 2.77. The van der Waals surface area contributed by atoms with Gasteiger partial charge in [0.15, 0.2) is 5.69 Å². The third-order valence-corrected chi connectivity index (χ3v) is 5.08. The molecule has 0 atom stereocenters. The van der Waals surface area contributed by atoms with E-state index in [1.165, 1.54) is 15.5 Å². The maximum atomic E-state index is 13.5. The fourth-order valence-electron chi connectivity index (χ4n) is 3.38. The Morgan fingerprint density at radius 3 is 2.52 bits per heavy atom. The van der Waals surface area contributed by atoms with Gasteiger partial charge >= 0.3 is 11.8 Å². The van der Waals surface area contributed by atoms with E-state index < -0.39 is 23.2 Å². The van der Waals surface area contributed by atoms with Gasteiger partial charge in [-0.2, -0.15) is 0 Å². The zero-order valence-corrected chi connectivity index (χ0v) is 19.5. The van der Waals surface area contributed by atoms with Crippen molar-refractivity contribution in [1.29, 1.82) is 0 Å². The van der Waals surface area contributed by atoms with Gasteiger partial charge < -0.3 is 15.4 Å². The van der Waals surface area contributed by atoms with E-state index in [1.54, 1.807) is 25.1 Å². The van der Waals surface area contributed by atoms with Crippen molar-refractivity contribution in [1.82, 2.24) is 9.55 Å². The lowest BCUT2D eigenvalue weighted by atomic mass is 10.1. The van der Waals surface area contributed by atoms with E-state index in [0.29, 0.717) is 25.1 Å². The van der Waals surface area contributed by atoms with Crippen LogP contribution in [-0.4, -0.2) is 34.7 Å². The van der Waals surface area contributed by atoms with Crippen LogP contribution in [0.15, 0.2) is 33.9 Å². The number of rotatable bonds is 11. The molecule has 180 valence electrons. The minimum atomic E-state index is -0.712. The fourth-order valence-corrected chi connectivity index (χ4v) is 3.38. The van der Waals surface area contributed by atoms with Crippen molar-refractivity contribution < 1.29 is 14.3 Å². The lowest BCUT2D eigenvalue weighted by Crippen LogP contribution is -2.41. The number of hydrogen-bond acceptors (Lipinski definition) is 6. The third-order valence-electron chi connectivity index (χ3n) is 5.08. The molecule has 1 aromatic carbocycles. The topological polar surface area (TPSA) is 140 Å². The van der Waals surface area contributed by atoms with Gasteiger partial charge in [0.2, 0.25) is 0 Å². The summed E-state index contributed by atoms with van der Waals surface area (Å²) in [6.07, 6.45) is 3.31. The number of carbonyl (C=O) groups is 2. The number of benzene rings is 1. The van der Waals surface area contributed by atoms with Gasteiger partial charge in [-0.1, -0.05) is 39.2 Å². The molecule has 0 fully saturated rings. The second kappa shape index (κ2) is 12.5. The molecule has 0 spiro atoms. The van der Waals surface area contributed by atoms with Crippen molar-refractivity contribution in [3.05, 3.63) is 50.7 Å². The Labute approximate surface area is 192 Å². The largest absolute Gasteiger partial charge is 0.450 e. The standard InChI is InChI=1S/C23H33N5O5/c1-4-7-9-14-27(18-19(24)28(13-8-5-2)22(31)26-20(18)29)21(30)16-11-10-12-17(15-16)25-23(32)33-6-3/h10-12,15H,4-9,13-14,24H2,1-3H3,(H,25,32)(H,26,29,31). The van der Waals surface area contributed by atoms with Crippen LogP contribution in [0.2, 0.25) is 0 Å². The highest BCUT2D eigenvalue weighted by molar-refractivity contribution is 6.08. The number of carbonyl (C=O) groups excluding carboxylic acids is 2. The Hall–Kier alpha value is -3.56. The number of anilines is 3. The van der Waals surface area contributed by atoms with E-state index in [2.05, 4.69) is 10.3 Å². The molecule has 0 bridgehead atoms. The normalized spacial score (nSPS) is 10.6. The number of nitrogens with two attached hydrogens (primary N) is 1. The van der Waals surface area contributed by atoms with E-state index in [4.69, 9.17) is 10.5 Å². The number of unbranched alkanes of at least 4 members (excludes halogenated alkanes) is 3. The van der Waals surface area contributed by atoms with Crippen molar-refractivity contribution in [3.8, 4) is 0 Å². The summed E-state index contributed by atoms with van der Waals surface area (Å²) in [5.41, 5.74) is 5.53. The summed E-state index contributed by atoms with van der Waals surface area (Å²) in [7, 11) is 0. The maximum absolute atomic E-state index is 13.5. The molecule has 0 aliphatic carbocycles. The number of aromatic amines is 1. The zero-order chi connectivity index (χ0) is 24.4. The number of nitrogen functional groups attached to an aromatic ring is 1. The van der Waals surface area contributed by atoms with Crippen LogP contribution in [0.4, 0.5) is 22.0 Å². The van der Waals surface area contributed by atoms with Crippen LogP contribution in [0.1, 0.15) is 63.2 Å². The molecule has 10 heteroatoms. The van der Waals surface area contributed by atoms with Crippen molar-refractivity contribution in [2.24, 2.45) is 0 Å². The van der Waals surface area contributed by atoms with Gasteiger partial charge in [-0.05, 0) is 38.0 Å². The SMILES string of the molecule is CCCCCN(C(=O)c1cccc(NC(=O)OCC)c1)c1c(N)n(CCCC)c(=O)[nH]c1=O. The van der Waals surface area contributed by atoms with Crippen molar-refractivity contribution in [2.75, 3.05) is 29.1 Å². The Morgan fingerprint density at radius 1 is 1.12 bits per heavy atom. The maximum Gasteiger partial charge on any atom is 0.411 e. The number of amides is 2. The first-order valence-electron chi connectivity index (χ1n) is 11.3. The third kappa shape index (κ3) is 6.71. The van der Waals surface area contributed by atoms with Crippen molar-refractivity contribution >= 4 is 29.2 Å². The van der Waals surface area contributed by atoms with E-state index in [-0.39, 0.29) is 30.2 Å². The van der Waals surface area contributed by atoms with Gasteiger partial charge in [0.25, 0.3) is 11.5 Å². The van der Waals surface area contributed by atoms with Crippen LogP contribution in [0.25, 0.3) is 0 Å². The molecule has 0 radical (unpaired) electrons. The number of nitrogens with one attached hydrogen (secondary N) is 2. The molecule has 4 N–H and O–H groups in total. The van der Waals surface area contributed by atoms with Gasteiger partial charge in [-0.25, -0.2) is 9.59 Å². The van der Waals surface area contributed by atoms with Gasteiger partial charge in [0, 0.05) is 24.3 Å². The smallest absolute Gasteiger partial charge is 0.411 e. The average molecular weight is 460 g/mol. The highest BCUT2D eigenvalue weighted by atomic mass is 16.5. The fraction of sp³-hybridized carbons (Fsp3) is 0.478. The number of aromatic nitrogens is 2. The van der Waals surface area contributed by atoms with Crippen LogP contribution < -0.4 is 27.2 Å². The molecule has 0 saturated carbocycles. The summed E-state index contributed by atoms with van der Waals surface area (Å²) >= 11 is 0. The van der Waals surface area contributed by atoms with Gasteiger partial charge in [0.05, 0.1) is 6.61 Å². The van der Waals surface area contributed by atoms with Crippen LogP contribution in [0.3, 0.4) is 0 Å². The minimum absolute atomic E-state index is 0.0390. The molecule has 2 rings (SSSR count). The zero-order valence-electron chi connectivity index (χ0n) is 19.5. The summed E-state index contributed by atoms with van der Waals surface area (Å²) in [6, 6.07) is 6.34. The van der Waals surface area contributed by atoms with E-state index in [9.17, 15) is 19.2 Å². The molecular weight excluding hydrogens is 426 g/mol. The Bertz CT molecular complexity index is 1080. The molecule has 1 aromatic heterocycles. The second-order valence-corrected chi connectivity index (χ2v) is 7.59. The number of H-pyrrole nitrogens is 1. The highest BCUT2D eigenvalue weighted by Gasteiger charge is 2.25. The van der Waals surface area contributed by atoms with E-state index in [1.807, 2.05) is 13.8 Å². The Kier molecular flexibility index (Phi) is 9.71. The van der Waals surface area contributed by atoms with Crippen molar-refractivity contribution in [2.45, 2.75) is 59.4 Å². The van der Waals surface area contributed by atoms with Crippen LogP contribution in [0.5, 0.6) is 0 Å². The van der Waals surface area contributed by atoms with Crippen molar-refractivity contribution in [3.63, 3.8) is 0 Å². The first-order valence-corrected chi connectivity index (χ1v) is 11.3. The second-order valence-electron chi connectivity index (χ2n) is 7.59. The summed E-state index contributed by atoms with van der Waals surface area (Å²) in [5.74, 6) is -0.501. The molecular formula is C23H33N5O5. The van der Waals surface area contributed by atoms with Gasteiger partial charge in [0.1, 0.15) is 5.82 Å². The molecule has 2 aromatic rings. The number of ether oxygens (including phenoxy) is 1. The van der Waals surface area contributed by atoms with Gasteiger partial charge in [-0.15, -0.1) is 0 Å². The molecule has 1 heterocycles. The highest BCUT2D eigenvalue weighted by Crippen LogP contribution is 2.22. The Balaban J connectivity index is 2.49. The summed E-state index contributed by atoms with van der Waals surface area (Å²) < 4.78 is 6.17. The molecule has 2 amide bonds. The lowest BCUT2D eigenvalue weighted by molar-refractivity contribution is 0.0986. The molecule has 0 aliphatic rings. The Morgan fingerprint density at radius 2 is 1.85 bits per heavy atom. The van der Waals surface area contributed by atoms with Crippen LogP contribution in [-0.2, 0) is 11.3 Å². The summed E-state index contributed by atoms with van der Waals surface area (Å²) in [4.78, 5) is 53.9. The molecule has 10 nitrogen and oxygen atoms in total. The van der Waals surface area contributed by atoms with Gasteiger partial charge in [-0.3, -0.25) is 24.5 Å². The van der Waals surface area contributed by atoms with E-state index in [0.717, 1.165) is 19.3 Å². The quantitative estimate of drug-likeness (QED) is 0.440. The predicted octanol–water partition coefficient (Wildman–Crippen LogP) is 3.32. The number of nitrogens with zero attached hydrogens (tertiary/aromatic N) is 2. The first-order chi connectivity index (χ1) is 15.8. The number of hydrogen-bond donors (Lipinski definition) is 3. The molecule has 0 unspecified atom stereocenters.